The summed E-state index contributed by atoms with van der Waals surface area (Å²) >= 11 is 0.750. The zero-order valence-corrected chi connectivity index (χ0v) is 6.62. The average molecular weight is 137 g/mol. The fourth-order valence-electron chi connectivity index (χ4n) is 0. The molecule has 0 N–H and O–H groups in total. The van der Waals surface area contributed by atoms with Crippen LogP contribution in [0.4, 0.5) is 0 Å². The van der Waals surface area contributed by atoms with E-state index >= 15 is 0 Å². The molecular weight excluding hydrogens is 126 g/mol. The van der Waals surface area contributed by atoms with Crippen LogP contribution in [0.3, 0.4) is 0 Å². The first kappa shape index (κ1) is 15.6. The summed E-state index contributed by atoms with van der Waals surface area (Å²) in [6.45, 7) is 5.00. The molecule has 0 aliphatic heterocycles. The fraction of sp³-hybridized carbons (Fsp3) is 0.750. The van der Waals surface area contributed by atoms with Gasteiger partial charge in [0, 0.05) is 0 Å². The Kier molecular flexibility index (Phi) is 200. The molecule has 0 aliphatic carbocycles. The third-order valence-electron chi connectivity index (χ3n) is 0. The Balaban J connectivity index is -0.0000000360. The normalized spacial score (nSPS) is 4.29. The number of rotatable bonds is 0. The molecule has 0 bridgehead atoms. The first-order chi connectivity index (χ1) is 3.41. The minimum atomic E-state index is 0.750. The zero-order valence-electron chi connectivity index (χ0n) is 5.06. The van der Waals surface area contributed by atoms with Crippen molar-refractivity contribution >= 4 is 0 Å². The van der Waals surface area contributed by atoms with E-state index < -0.39 is 0 Å². The van der Waals surface area contributed by atoms with E-state index in [1.807, 2.05) is 0 Å². The van der Waals surface area contributed by atoms with Gasteiger partial charge in [0.1, 0.15) is 0 Å². The molecule has 0 saturated carbocycles. The molecule has 0 aromatic rings. The molecule has 0 fully saturated rings. The zero-order chi connectivity index (χ0) is 6.71. The van der Waals surface area contributed by atoms with E-state index in [4.69, 9.17) is 3.32 Å². The van der Waals surface area contributed by atoms with Crippen molar-refractivity contribution in [3.8, 4) is 0 Å². The van der Waals surface area contributed by atoms with Crippen LogP contribution >= 0.6 is 0 Å². The molecule has 0 radical (unpaired) electrons. The van der Waals surface area contributed by atoms with Gasteiger partial charge in [-0.3, -0.25) is 0 Å². The quantitative estimate of drug-likeness (QED) is 0.366. The topological polar surface area (TPSA) is 31.2 Å². The first-order valence-corrected chi connectivity index (χ1v) is 2.44. The number of hydrogen-bond donors (Lipinski definition) is 0. The van der Waals surface area contributed by atoms with Crippen LogP contribution in [0.25, 0.3) is 5.32 Å². The van der Waals surface area contributed by atoms with Crippen molar-refractivity contribution in [3.63, 3.8) is 0 Å². The Morgan fingerprint density at radius 3 is 1.29 bits per heavy atom. The van der Waals surface area contributed by atoms with Gasteiger partial charge in [0.05, 0.1) is 0 Å². The molecular formula is C4H11NOTi. The second kappa shape index (κ2) is 89.3. The van der Waals surface area contributed by atoms with E-state index in [9.17, 15) is 0 Å². The van der Waals surface area contributed by atoms with Crippen LogP contribution in [0.1, 0.15) is 6.92 Å². The van der Waals surface area contributed by atoms with Gasteiger partial charge in [0.2, 0.25) is 0 Å². The van der Waals surface area contributed by atoms with Crippen molar-refractivity contribution in [2.45, 2.75) is 6.92 Å². The summed E-state index contributed by atoms with van der Waals surface area (Å²) in [4.78, 5) is 0. The summed E-state index contributed by atoms with van der Waals surface area (Å²) in [6, 6.07) is 0. The van der Waals surface area contributed by atoms with Crippen LogP contribution in [0.5, 0.6) is 0 Å². The third-order valence-corrected chi connectivity index (χ3v) is 0. The number of hydrogen-bond acceptors (Lipinski definition) is 1. The van der Waals surface area contributed by atoms with Crippen molar-refractivity contribution in [2.24, 2.45) is 0 Å². The van der Waals surface area contributed by atoms with E-state index in [0.717, 1.165) is 20.4 Å². The molecule has 7 heavy (non-hydrogen) atoms. The van der Waals surface area contributed by atoms with Crippen LogP contribution in [-0.4, -0.2) is 14.1 Å². The van der Waals surface area contributed by atoms with Crippen LogP contribution in [0.15, 0.2) is 0 Å². The first-order valence-electron chi connectivity index (χ1n) is 1.81. The van der Waals surface area contributed by atoms with Crippen molar-refractivity contribution in [3.05, 3.63) is 12.2 Å². The molecule has 0 unspecified atom stereocenters. The Labute approximate surface area is 57.4 Å². The van der Waals surface area contributed by atoms with Gasteiger partial charge in [-0.25, -0.2) is 0 Å². The van der Waals surface area contributed by atoms with Gasteiger partial charge in [-0.15, -0.1) is 0 Å². The Morgan fingerprint density at radius 2 is 1.29 bits per heavy atom. The minimum absolute atomic E-state index is 0.750. The van der Waals surface area contributed by atoms with E-state index in [0.29, 0.717) is 0 Å². The molecule has 0 atom stereocenters. The Morgan fingerprint density at radius 1 is 1.29 bits per heavy atom. The van der Waals surface area contributed by atoms with Gasteiger partial charge in [0.25, 0.3) is 0 Å². The predicted octanol–water partition coefficient (Wildman–Crippen LogP) is 1.34. The van der Waals surface area contributed by atoms with E-state index in [-0.39, 0.29) is 0 Å². The molecule has 0 saturated heterocycles. The molecule has 2 nitrogen and oxygen atoms in total. The van der Waals surface area contributed by atoms with E-state index in [1.54, 1.807) is 21.0 Å². The summed E-state index contributed by atoms with van der Waals surface area (Å²) in [5, 5.41) is 3.50. The predicted molar refractivity (Wildman–Crippen MR) is 26.9 cm³/mol. The summed E-state index contributed by atoms with van der Waals surface area (Å²) in [6.07, 6.45) is 0. The standard InChI is InChI=1S/C2H6N.C2H5.O.Ti/c1-3-2;1-2;;/h1-2H3;1H2,2H3;;/q2*-1;;+2. The molecule has 0 heterocycles. The molecule has 0 spiro atoms. The second-order valence-corrected chi connectivity index (χ2v) is 0.447. The molecule has 42 valence electrons. The number of nitrogens with zero attached hydrogens (tertiary/aromatic N) is 1. The van der Waals surface area contributed by atoms with Crippen molar-refractivity contribution in [1.29, 1.82) is 0 Å². The van der Waals surface area contributed by atoms with Crippen LogP contribution in [-0.2, 0) is 23.7 Å². The summed E-state index contributed by atoms with van der Waals surface area (Å²) < 4.78 is 8.25. The molecule has 3 heteroatoms. The molecule has 0 amide bonds. The third kappa shape index (κ3) is 576. The second-order valence-electron chi connectivity index (χ2n) is 0.447. The van der Waals surface area contributed by atoms with Crippen molar-refractivity contribution < 1.29 is 23.7 Å². The van der Waals surface area contributed by atoms with E-state index in [2.05, 4.69) is 12.2 Å². The Hall–Kier alpha value is 0.474. The summed E-state index contributed by atoms with van der Waals surface area (Å²) in [7, 11) is 3.50. The maximum atomic E-state index is 8.25. The van der Waals surface area contributed by atoms with Gasteiger partial charge < -0.3 is 12.2 Å². The summed E-state index contributed by atoms with van der Waals surface area (Å²) in [5.74, 6) is 0. The monoisotopic (exact) mass is 137 g/mol. The molecule has 0 rings (SSSR count). The van der Waals surface area contributed by atoms with Crippen LogP contribution in [0.2, 0.25) is 0 Å². The fourth-order valence-corrected chi connectivity index (χ4v) is 0. The molecule has 0 aromatic heterocycles. The molecule has 0 aliphatic rings. The van der Waals surface area contributed by atoms with Crippen LogP contribution < -0.4 is 0 Å². The van der Waals surface area contributed by atoms with Gasteiger partial charge in [-0.1, -0.05) is 0 Å². The average Bonchev–Trinajstić information content (AvgIpc) is 1.78. The van der Waals surface area contributed by atoms with E-state index in [1.165, 1.54) is 0 Å². The van der Waals surface area contributed by atoms with Gasteiger partial charge in [-0.2, -0.15) is 21.0 Å². The maximum absolute atomic E-state index is 8.25. The molecule has 0 aromatic carbocycles. The van der Waals surface area contributed by atoms with Gasteiger partial charge in [0.15, 0.2) is 0 Å². The van der Waals surface area contributed by atoms with Gasteiger partial charge >= 0.3 is 23.7 Å². The Bertz CT molecular complexity index is 15.7. The van der Waals surface area contributed by atoms with Crippen molar-refractivity contribution in [2.75, 3.05) is 14.1 Å². The van der Waals surface area contributed by atoms with Crippen LogP contribution in [0, 0.1) is 6.92 Å². The van der Waals surface area contributed by atoms with Gasteiger partial charge in [-0.05, 0) is 0 Å². The van der Waals surface area contributed by atoms with Crippen molar-refractivity contribution in [1.82, 2.24) is 0 Å². The SMILES string of the molecule is C[N-]C.[CH2-]C.[O]=[Ti+2]. The summed E-state index contributed by atoms with van der Waals surface area (Å²) in [5.41, 5.74) is 0.